The van der Waals surface area contributed by atoms with Gasteiger partial charge in [0.25, 0.3) is 0 Å². The maximum atomic E-state index is 12.8. The number of imide groups is 1. The molecule has 1 atom stereocenters. The third kappa shape index (κ3) is 5.37. The van der Waals surface area contributed by atoms with Gasteiger partial charge in [0.15, 0.2) is 16.7 Å². The van der Waals surface area contributed by atoms with E-state index < -0.39 is 5.25 Å². The lowest BCUT2D eigenvalue weighted by atomic mass is 10.2. The maximum Gasteiger partial charge on any atom is 0.247 e. The Morgan fingerprint density at radius 3 is 2.21 bits per heavy atom. The molecule has 10 nitrogen and oxygen atoms in total. The molecule has 0 radical (unpaired) electrons. The van der Waals surface area contributed by atoms with Crippen LogP contribution in [0, 0.1) is 0 Å². The number of benzene rings is 2. The molecule has 1 saturated heterocycles. The molecule has 1 heterocycles. The number of ether oxygens (including phenoxy) is 4. The molecule has 2 aromatic rings. The summed E-state index contributed by atoms with van der Waals surface area (Å²) in [6, 6.07) is 10.1. The molecule has 174 valence electrons. The third-order valence-electron chi connectivity index (χ3n) is 4.75. The lowest BCUT2D eigenvalue weighted by Gasteiger charge is -2.15. The van der Waals surface area contributed by atoms with Crippen molar-refractivity contribution in [2.24, 2.45) is 15.9 Å². The van der Waals surface area contributed by atoms with Gasteiger partial charge in [0.05, 0.1) is 40.3 Å². The van der Waals surface area contributed by atoms with E-state index in [0.717, 1.165) is 16.7 Å². The maximum absolute atomic E-state index is 12.8. The minimum atomic E-state index is -0.681. The molecule has 0 spiro atoms. The van der Waals surface area contributed by atoms with E-state index in [2.05, 4.69) is 10.2 Å². The van der Waals surface area contributed by atoms with Gasteiger partial charge in [0.1, 0.15) is 11.0 Å². The van der Waals surface area contributed by atoms with Gasteiger partial charge in [0, 0.05) is 12.0 Å². The van der Waals surface area contributed by atoms with Crippen LogP contribution in [0.25, 0.3) is 0 Å². The molecule has 1 aliphatic rings. The first-order valence-corrected chi connectivity index (χ1v) is 10.6. The van der Waals surface area contributed by atoms with Crippen LogP contribution in [0.2, 0.25) is 0 Å². The minimum Gasteiger partial charge on any atom is -0.497 e. The van der Waals surface area contributed by atoms with E-state index in [1.165, 1.54) is 27.5 Å². The zero-order valence-electron chi connectivity index (χ0n) is 18.6. The summed E-state index contributed by atoms with van der Waals surface area (Å²) in [5.74, 6) is 1.36. The number of rotatable bonds is 8. The Morgan fingerprint density at radius 2 is 1.67 bits per heavy atom. The van der Waals surface area contributed by atoms with Crippen molar-refractivity contribution >= 4 is 40.6 Å². The Bertz CT molecular complexity index is 1060. The number of carbonyl (C=O) groups excluding carboxylic acids is 2. The Morgan fingerprint density at radius 1 is 1.03 bits per heavy atom. The molecule has 0 aliphatic carbocycles. The van der Waals surface area contributed by atoms with Gasteiger partial charge < -0.3 is 24.7 Å². The van der Waals surface area contributed by atoms with E-state index in [-0.39, 0.29) is 23.4 Å². The van der Waals surface area contributed by atoms with E-state index in [4.69, 9.17) is 24.7 Å². The summed E-state index contributed by atoms with van der Waals surface area (Å²) in [5.41, 5.74) is 7.06. The minimum absolute atomic E-state index is 0.0162. The van der Waals surface area contributed by atoms with Crippen molar-refractivity contribution in [3.63, 3.8) is 0 Å². The Kier molecular flexibility index (Phi) is 7.78. The monoisotopic (exact) mass is 472 g/mol. The molecular weight excluding hydrogens is 448 g/mol. The quantitative estimate of drug-likeness (QED) is 0.269. The summed E-state index contributed by atoms with van der Waals surface area (Å²) in [7, 11) is 6.08. The van der Waals surface area contributed by atoms with Crippen LogP contribution in [0.5, 0.6) is 23.0 Å². The average molecular weight is 473 g/mol. The number of amidine groups is 1. The van der Waals surface area contributed by atoms with Crippen LogP contribution in [-0.2, 0) is 9.59 Å². The van der Waals surface area contributed by atoms with Gasteiger partial charge in [0.2, 0.25) is 17.6 Å². The second-order valence-corrected chi connectivity index (χ2v) is 7.94. The molecule has 1 aliphatic heterocycles. The highest BCUT2D eigenvalue weighted by molar-refractivity contribution is 8.14. The van der Waals surface area contributed by atoms with Crippen molar-refractivity contribution in [3.8, 4) is 23.0 Å². The van der Waals surface area contributed by atoms with E-state index in [9.17, 15) is 9.59 Å². The fraction of sp³-hybridized carbons (Fsp3) is 0.273. The van der Waals surface area contributed by atoms with Gasteiger partial charge in [-0.15, -0.1) is 5.10 Å². The number of amides is 2. The van der Waals surface area contributed by atoms with Crippen LogP contribution < -0.4 is 29.6 Å². The fourth-order valence-electron chi connectivity index (χ4n) is 3.20. The van der Waals surface area contributed by atoms with Crippen LogP contribution >= 0.6 is 11.8 Å². The number of nitrogens with zero attached hydrogens (tertiary/aromatic N) is 3. The van der Waals surface area contributed by atoms with Crippen LogP contribution in [0.15, 0.2) is 46.6 Å². The average Bonchev–Trinajstić information content (AvgIpc) is 3.10. The van der Waals surface area contributed by atoms with Gasteiger partial charge in [-0.2, -0.15) is 5.10 Å². The van der Waals surface area contributed by atoms with E-state index in [0.29, 0.717) is 34.2 Å². The lowest BCUT2D eigenvalue weighted by Crippen LogP contribution is -2.31. The molecule has 11 heteroatoms. The van der Waals surface area contributed by atoms with Crippen LogP contribution in [-0.4, -0.2) is 56.9 Å². The van der Waals surface area contributed by atoms with Crippen molar-refractivity contribution in [2.45, 2.75) is 11.7 Å². The molecule has 0 saturated carbocycles. The number of hydrogen-bond acceptors (Lipinski definition) is 9. The van der Waals surface area contributed by atoms with Crippen molar-refractivity contribution in [1.29, 1.82) is 0 Å². The molecule has 0 unspecified atom stereocenters. The first-order chi connectivity index (χ1) is 15.9. The standard InChI is InChI=1S/C22H24N4O6S/c1-29-15-7-5-14(6-8-15)26-19(27)11-18(21(26)28)33-22(23)25-24-12-13-9-16(30-2)20(32-4)17(10-13)31-3/h5-10,12,18H,11H2,1-4H3,(H2,23,25)/b24-12-/t18-/m0/s1. The van der Waals surface area contributed by atoms with Crippen LogP contribution in [0.4, 0.5) is 5.69 Å². The summed E-state index contributed by atoms with van der Waals surface area (Å²) >= 11 is 0.990. The predicted molar refractivity (Wildman–Crippen MR) is 127 cm³/mol. The van der Waals surface area contributed by atoms with Gasteiger partial charge in [-0.25, -0.2) is 4.90 Å². The van der Waals surface area contributed by atoms with Gasteiger partial charge in [-0.1, -0.05) is 11.8 Å². The smallest absolute Gasteiger partial charge is 0.247 e. The lowest BCUT2D eigenvalue weighted by molar-refractivity contribution is -0.121. The topological polar surface area (TPSA) is 125 Å². The molecule has 33 heavy (non-hydrogen) atoms. The van der Waals surface area contributed by atoms with Gasteiger partial charge in [-0.3, -0.25) is 9.59 Å². The van der Waals surface area contributed by atoms with E-state index in [1.807, 2.05) is 0 Å². The van der Waals surface area contributed by atoms with Crippen molar-refractivity contribution in [2.75, 3.05) is 33.3 Å². The highest BCUT2D eigenvalue weighted by Crippen LogP contribution is 2.37. The van der Waals surface area contributed by atoms with Crippen molar-refractivity contribution in [1.82, 2.24) is 0 Å². The summed E-state index contributed by atoms with van der Waals surface area (Å²) < 4.78 is 21.0. The van der Waals surface area contributed by atoms with Crippen LogP contribution in [0.3, 0.4) is 0 Å². The van der Waals surface area contributed by atoms with Crippen molar-refractivity contribution < 1.29 is 28.5 Å². The largest absolute Gasteiger partial charge is 0.497 e. The first kappa shape index (κ1) is 23.9. The molecular formula is C22H24N4O6S. The summed E-state index contributed by atoms with van der Waals surface area (Å²) in [6.07, 6.45) is 1.48. The summed E-state index contributed by atoms with van der Waals surface area (Å²) in [4.78, 5) is 26.3. The van der Waals surface area contributed by atoms with Gasteiger partial charge in [-0.05, 0) is 36.4 Å². The number of nitrogens with two attached hydrogens (primary N) is 1. The SMILES string of the molecule is COc1ccc(N2C(=O)C[C@H](SC(N)=N/N=C\c3cc(OC)c(OC)c(OC)c3)C2=O)cc1. The highest BCUT2D eigenvalue weighted by Gasteiger charge is 2.40. The van der Waals surface area contributed by atoms with Crippen LogP contribution in [0.1, 0.15) is 12.0 Å². The molecule has 0 bridgehead atoms. The molecule has 2 N–H and O–H groups in total. The second kappa shape index (κ2) is 10.7. The zero-order valence-corrected chi connectivity index (χ0v) is 19.4. The Labute approximate surface area is 195 Å². The zero-order chi connectivity index (χ0) is 24.0. The number of carbonyl (C=O) groups is 2. The Hall–Kier alpha value is -3.73. The molecule has 2 aromatic carbocycles. The highest BCUT2D eigenvalue weighted by atomic mass is 32.2. The number of thioether (sulfide) groups is 1. The second-order valence-electron chi connectivity index (χ2n) is 6.72. The molecule has 2 amide bonds. The number of anilines is 1. The molecule has 3 rings (SSSR count). The molecule has 1 fully saturated rings. The van der Waals surface area contributed by atoms with Crippen molar-refractivity contribution in [3.05, 3.63) is 42.0 Å². The van der Waals surface area contributed by atoms with E-state index in [1.54, 1.807) is 43.5 Å². The number of hydrogen-bond donors (Lipinski definition) is 1. The summed E-state index contributed by atoms with van der Waals surface area (Å²) in [5, 5.41) is 7.28. The van der Waals surface area contributed by atoms with Gasteiger partial charge >= 0.3 is 0 Å². The normalized spacial score (nSPS) is 16.4. The number of methoxy groups -OCH3 is 4. The molecule has 0 aromatic heterocycles. The Balaban J connectivity index is 1.69. The first-order valence-electron chi connectivity index (χ1n) is 9.75. The summed E-state index contributed by atoms with van der Waals surface area (Å²) in [6.45, 7) is 0. The predicted octanol–water partition coefficient (Wildman–Crippen LogP) is 2.43. The fourth-order valence-corrected chi connectivity index (χ4v) is 4.01. The van der Waals surface area contributed by atoms with E-state index >= 15 is 0 Å². The third-order valence-corrected chi connectivity index (χ3v) is 5.72.